The van der Waals surface area contributed by atoms with Crippen molar-refractivity contribution in [3.05, 3.63) is 0 Å². The molecule has 0 aliphatic rings. The van der Waals surface area contributed by atoms with Gasteiger partial charge in [-0.3, -0.25) is 5.32 Å². The summed E-state index contributed by atoms with van der Waals surface area (Å²) in [4.78, 5) is 0. The van der Waals surface area contributed by atoms with E-state index in [1.165, 1.54) is 0 Å². The van der Waals surface area contributed by atoms with E-state index in [-0.39, 0.29) is 6.10 Å². The van der Waals surface area contributed by atoms with Crippen LogP contribution in [0.3, 0.4) is 0 Å². The third-order valence-corrected chi connectivity index (χ3v) is 2.22. The quantitative estimate of drug-likeness (QED) is 0.704. The summed E-state index contributed by atoms with van der Waals surface area (Å²) in [7, 11) is 0. The Kier molecular flexibility index (Phi) is 6.55. The number of nitrogens with one attached hydrogen (secondary N) is 1. The third kappa shape index (κ3) is 6.48. The molecule has 0 spiro atoms. The second-order valence-electron chi connectivity index (χ2n) is 4.72. The van der Waals surface area contributed by atoms with E-state index in [9.17, 15) is 0 Å². The van der Waals surface area contributed by atoms with E-state index in [2.05, 4.69) is 25.2 Å². The normalized spacial score (nSPS) is 17.1. The molecular weight excluding hydrogens is 188 g/mol. The van der Waals surface area contributed by atoms with E-state index >= 15 is 0 Å². The average Bonchev–Trinajstić information content (AvgIpc) is 2.15. The van der Waals surface area contributed by atoms with Crippen molar-refractivity contribution < 1.29 is 4.74 Å². The molecule has 0 aromatic carbocycles. The summed E-state index contributed by atoms with van der Waals surface area (Å²) in [6, 6.07) is 2.31. The van der Waals surface area contributed by atoms with Gasteiger partial charge in [-0.05, 0) is 26.3 Å². The summed E-state index contributed by atoms with van der Waals surface area (Å²) in [5.41, 5.74) is -0.467. The lowest BCUT2D eigenvalue weighted by atomic mass is 9.96. The first-order chi connectivity index (χ1) is 6.93. The molecule has 0 fully saturated rings. The summed E-state index contributed by atoms with van der Waals surface area (Å²) < 4.78 is 5.66. The molecule has 1 N–H and O–H groups in total. The van der Waals surface area contributed by atoms with Gasteiger partial charge in [-0.15, -0.1) is 0 Å². The monoisotopic (exact) mass is 212 g/mol. The second-order valence-corrected chi connectivity index (χ2v) is 4.72. The predicted molar refractivity (Wildman–Crippen MR) is 62.6 cm³/mol. The minimum Gasteiger partial charge on any atom is -0.378 e. The molecule has 0 rings (SSSR count). The first-order valence-electron chi connectivity index (χ1n) is 5.71. The van der Waals surface area contributed by atoms with E-state index in [0.717, 1.165) is 19.6 Å². The Labute approximate surface area is 93.8 Å². The Morgan fingerprint density at radius 1 is 1.40 bits per heavy atom. The SMILES string of the molecule is CCNC(C)(C#N)CC(C)OCC(C)C. The molecule has 0 heterocycles. The van der Waals surface area contributed by atoms with Crippen LogP contribution in [0, 0.1) is 17.2 Å². The Hall–Kier alpha value is -0.590. The summed E-state index contributed by atoms with van der Waals surface area (Å²) in [6.45, 7) is 11.8. The zero-order chi connectivity index (χ0) is 11.9. The highest BCUT2D eigenvalue weighted by Gasteiger charge is 2.25. The van der Waals surface area contributed by atoms with Crippen molar-refractivity contribution >= 4 is 0 Å². The fourth-order valence-corrected chi connectivity index (χ4v) is 1.54. The fourth-order valence-electron chi connectivity index (χ4n) is 1.54. The number of hydrogen-bond acceptors (Lipinski definition) is 3. The van der Waals surface area contributed by atoms with Gasteiger partial charge in [-0.25, -0.2) is 0 Å². The first-order valence-corrected chi connectivity index (χ1v) is 5.71. The van der Waals surface area contributed by atoms with Crippen LogP contribution in [0.1, 0.15) is 41.0 Å². The topological polar surface area (TPSA) is 45.0 Å². The number of rotatable bonds is 7. The Morgan fingerprint density at radius 3 is 2.40 bits per heavy atom. The molecule has 0 aromatic rings. The van der Waals surface area contributed by atoms with Crippen LogP contribution >= 0.6 is 0 Å². The lowest BCUT2D eigenvalue weighted by Gasteiger charge is -2.26. The maximum Gasteiger partial charge on any atom is 0.106 e. The molecule has 0 amide bonds. The van der Waals surface area contributed by atoms with Crippen molar-refractivity contribution in [3.8, 4) is 6.07 Å². The predicted octanol–water partition coefficient (Wildman–Crippen LogP) is 2.33. The van der Waals surface area contributed by atoms with Gasteiger partial charge < -0.3 is 4.74 Å². The van der Waals surface area contributed by atoms with Crippen molar-refractivity contribution in [2.45, 2.75) is 52.7 Å². The van der Waals surface area contributed by atoms with E-state index in [1.807, 2.05) is 20.8 Å². The van der Waals surface area contributed by atoms with Crippen LogP contribution in [0.15, 0.2) is 0 Å². The molecular formula is C12H24N2O. The molecule has 0 bridgehead atoms. The molecule has 0 saturated carbocycles. The van der Waals surface area contributed by atoms with Crippen molar-refractivity contribution in [2.24, 2.45) is 5.92 Å². The molecule has 0 saturated heterocycles. The highest BCUT2D eigenvalue weighted by molar-refractivity contribution is 5.04. The fraction of sp³-hybridized carbons (Fsp3) is 0.917. The molecule has 0 aliphatic heterocycles. The first kappa shape index (κ1) is 14.4. The molecule has 88 valence electrons. The Bertz CT molecular complexity index is 210. The van der Waals surface area contributed by atoms with Gasteiger partial charge in [0.2, 0.25) is 0 Å². The second kappa shape index (κ2) is 6.81. The van der Waals surface area contributed by atoms with Crippen LogP contribution in [0.5, 0.6) is 0 Å². The van der Waals surface area contributed by atoms with Crippen molar-refractivity contribution in [3.63, 3.8) is 0 Å². The van der Waals surface area contributed by atoms with E-state index in [1.54, 1.807) is 0 Å². The van der Waals surface area contributed by atoms with Crippen molar-refractivity contribution in [1.29, 1.82) is 5.26 Å². The molecule has 2 unspecified atom stereocenters. The maximum atomic E-state index is 9.07. The van der Waals surface area contributed by atoms with E-state index in [4.69, 9.17) is 10.00 Å². The van der Waals surface area contributed by atoms with Crippen LogP contribution in [0.2, 0.25) is 0 Å². The molecule has 3 heteroatoms. The summed E-state index contributed by atoms with van der Waals surface area (Å²) in [6.07, 6.45) is 0.848. The minimum atomic E-state index is -0.467. The Balaban J connectivity index is 4.02. The van der Waals surface area contributed by atoms with Gasteiger partial charge in [0.05, 0.1) is 12.2 Å². The van der Waals surface area contributed by atoms with Crippen molar-refractivity contribution in [1.82, 2.24) is 5.32 Å². The van der Waals surface area contributed by atoms with Gasteiger partial charge in [-0.2, -0.15) is 5.26 Å². The summed E-state index contributed by atoms with van der Waals surface area (Å²) in [5.74, 6) is 0.542. The van der Waals surface area contributed by atoms with Gasteiger partial charge in [0.1, 0.15) is 5.54 Å². The van der Waals surface area contributed by atoms with Crippen LogP contribution in [0.25, 0.3) is 0 Å². The van der Waals surface area contributed by atoms with E-state index in [0.29, 0.717) is 5.92 Å². The molecule has 15 heavy (non-hydrogen) atoms. The zero-order valence-electron chi connectivity index (χ0n) is 10.6. The molecule has 0 radical (unpaired) electrons. The minimum absolute atomic E-state index is 0.121. The van der Waals surface area contributed by atoms with Crippen LogP contribution in [0.4, 0.5) is 0 Å². The van der Waals surface area contributed by atoms with Gasteiger partial charge in [0, 0.05) is 13.0 Å². The number of nitrogens with zero attached hydrogens (tertiary/aromatic N) is 1. The maximum absolute atomic E-state index is 9.07. The molecule has 0 aromatic heterocycles. The van der Waals surface area contributed by atoms with Gasteiger partial charge in [0.15, 0.2) is 0 Å². The Morgan fingerprint density at radius 2 is 2.00 bits per heavy atom. The van der Waals surface area contributed by atoms with Gasteiger partial charge >= 0.3 is 0 Å². The lowest BCUT2D eigenvalue weighted by Crippen LogP contribution is -2.43. The standard InChI is InChI=1S/C12H24N2O/c1-6-14-12(5,9-13)7-11(4)15-8-10(2)3/h10-11,14H,6-8H2,1-5H3. The molecule has 0 aliphatic carbocycles. The summed E-state index contributed by atoms with van der Waals surface area (Å²) >= 11 is 0. The largest absolute Gasteiger partial charge is 0.378 e. The van der Waals surface area contributed by atoms with Crippen molar-refractivity contribution in [2.75, 3.05) is 13.2 Å². The van der Waals surface area contributed by atoms with E-state index < -0.39 is 5.54 Å². The average molecular weight is 212 g/mol. The van der Waals surface area contributed by atoms with Gasteiger partial charge in [0.25, 0.3) is 0 Å². The van der Waals surface area contributed by atoms with Crippen LogP contribution in [-0.2, 0) is 4.74 Å². The smallest absolute Gasteiger partial charge is 0.106 e. The highest BCUT2D eigenvalue weighted by atomic mass is 16.5. The number of hydrogen-bond donors (Lipinski definition) is 1. The number of ether oxygens (including phenoxy) is 1. The van der Waals surface area contributed by atoms with Gasteiger partial charge in [-0.1, -0.05) is 20.8 Å². The van der Waals surface area contributed by atoms with Crippen LogP contribution < -0.4 is 5.32 Å². The van der Waals surface area contributed by atoms with Crippen LogP contribution in [-0.4, -0.2) is 24.8 Å². The molecule has 3 nitrogen and oxygen atoms in total. The highest BCUT2D eigenvalue weighted by Crippen LogP contribution is 2.14. The zero-order valence-corrected chi connectivity index (χ0v) is 10.6. The summed E-state index contributed by atoms with van der Waals surface area (Å²) in [5, 5.41) is 12.3. The lowest BCUT2D eigenvalue weighted by molar-refractivity contribution is 0.0316. The number of nitriles is 1. The molecule has 2 atom stereocenters. The third-order valence-electron chi connectivity index (χ3n) is 2.22.